The fourth-order valence-electron chi connectivity index (χ4n) is 3.43. The molecule has 0 aliphatic rings. The highest BCUT2D eigenvalue weighted by molar-refractivity contribution is 7.89. The number of hydrogen-bond donors (Lipinski definition) is 1. The van der Waals surface area contributed by atoms with E-state index in [1.54, 1.807) is 32.2 Å². The quantitative estimate of drug-likeness (QED) is 0.497. The van der Waals surface area contributed by atoms with Gasteiger partial charge in [-0.3, -0.25) is 4.79 Å². The van der Waals surface area contributed by atoms with Crippen LogP contribution in [0.4, 0.5) is 5.69 Å². The van der Waals surface area contributed by atoms with Crippen molar-refractivity contribution in [3.8, 4) is 0 Å². The number of imidazole rings is 1. The van der Waals surface area contributed by atoms with Gasteiger partial charge in [-0.1, -0.05) is 6.07 Å². The molecule has 184 valence electrons. The molecule has 0 fully saturated rings. The summed E-state index contributed by atoms with van der Waals surface area (Å²) in [6, 6.07) is 9.51. The molecule has 0 aliphatic heterocycles. The fourth-order valence-corrected chi connectivity index (χ4v) is 5.49. The summed E-state index contributed by atoms with van der Waals surface area (Å²) in [5, 5.41) is 2.74. The Hall–Kier alpha value is -2.80. The number of benzene rings is 2. The lowest BCUT2D eigenvalue weighted by molar-refractivity contribution is -0.116. The average molecular weight is 508 g/mol. The molecule has 1 amide bonds. The normalized spacial score (nSPS) is 12.6. The number of carbonyl (C=O) groups is 1. The van der Waals surface area contributed by atoms with Crippen LogP contribution in [0.1, 0.15) is 17.8 Å². The highest BCUT2D eigenvalue weighted by Crippen LogP contribution is 2.24. The molecule has 1 heterocycles. The van der Waals surface area contributed by atoms with Gasteiger partial charge in [0.15, 0.2) is 0 Å². The van der Waals surface area contributed by atoms with Crippen LogP contribution in [0.5, 0.6) is 0 Å². The zero-order valence-electron chi connectivity index (χ0n) is 20.0. The minimum atomic E-state index is -3.64. The van der Waals surface area contributed by atoms with E-state index in [1.165, 1.54) is 46.4 Å². The van der Waals surface area contributed by atoms with E-state index in [4.69, 9.17) is 0 Å². The summed E-state index contributed by atoms with van der Waals surface area (Å²) in [6.07, 6.45) is 0.436. The van der Waals surface area contributed by atoms with Crippen molar-refractivity contribution in [1.29, 1.82) is 0 Å². The second kappa shape index (κ2) is 9.45. The highest BCUT2D eigenvalue weighted by Gasteiger charge is 2.21. The molecular weight excluding hydrogens is 478 g/mol. The number of nitrogens with zero attached hydrogens (tertiary/aromatic N) is 4. The highest BCUT2D eigenvalue weighted by atomic mass is 32.2. The lowest BCUT2D eigenvalue weighted by atomic mass is 10.2. The second-order valence-corrected chi connectivity index (χ2v) is 12.6. The third-order valence-electron chi connectivity index (χ3n) is 5.53. The summed E-state index contributed by atoms with van der Waals surface area (Å²) < 4.78 is 53.9. The number of carbonyl (C=O) groups excluding carboxylic acids is 1. The Morgan fingerprint density at radius 1 is 0.971 bits per heavy atom. The van der Waals surface area contributed by atoms with Gasteiger partial charge in [-0.25, -0.2) is 30.4 Å². The molecule has 0 atom stereocenters. The second-order valence-electron chi connectivity index (χ2n) is 8.34. The number of anilines is 1. The van der Waals surface area contributed by atoms with Crippen molar-refractivity contribution in [2.75, 3.05) is 33.5 Å². The van der Waals surface area contributed by atoms with Crippen LogP contribution in [-0.2, 0) is 38.3 Å². The number of rotatable bonds is 8. The molecule has 3 aromatic rings. The van der Waals surface area contributed by atoms with Crippen molar-refractivity contribution in [3.05, 3.63) is 47.8 Å². The predicted molar refractivity (Wildman–Crippen MR) is 131 cm³/mol. The Morgan fingerprint density at radius 3 is 2.24 bits per heavy atom. The van der Waals surface area contributed by atoms with Gasteiger partial charge in [-0.2, -0.15) is 0 Å². The summed E-state index contributed by atoms with van der Waals surface area (Å²) in [6.45, 7) is 1.70. The molecular formula is C22H29N5O5S2. The molecule has 0 spiro atoms. The zero-order valence-corrected chi connectivity index (χ0v) is 21.7. The molecule has 0 bridgehead atoms. The van der Waals surface area contributed by atoms with Crippen LogP contribution in [0.3, 0.4) is 0 Å². The molecule has 0 saturated carbocycles. The molecule has 2 aromatic carbocycles. The van der Waals surface area contributed by atoms with E-state index in [0.29, 0.717) is 29.0 Å². The van der Waals surface area contributed by atoms with E-state index in [2.05, 4.69) is 10.3 Å². The molecule has 0 aliphatic carbocycles. The van der Waals surface area contributed by atoms with E-state index in [1.807, 2.05) is 4.57 Å². The first-order valence-corrected chi connectivity index (χ1v) is 13.3. The smallest absolute Gasteiger partial charge is 0.242 e. The first-order valence-electron chi connectivity index (χ1n) is 10.5. The van der Waals surface area contributed by atoms with Crippen molar-refractivity contribution >= 4 is 42.7 Å². The molecule has 0 saturated heterocycles. The zero-order chi connectivity index (χ0) is 25.4. The predicted octanol–water partition coefficient (Wildman–Crippen LogP) is 1.95. The van der Waals surface area contributed by atoms with Crippen molar-refractivity contribution in [2.24, 2.45) is 7.05 Å². The Kier molecular flexibility index (Phi) is 7.18. The SMILES string of the molecule is Cc1ccc(NC(=O)CCc2nc3cc(S(=O)(=O)N(C)C)ccc3n2C)cc1S(=O)(=O)N(C)C. The van der Waals surface area contributed by atoms with Crippen molar-refractivity contribution in [3.63, 3.8) is 0 Å². The minimum Gasteiger partial charge on any atom is -0.331 e. The van der Waals surface area contributed by atoms with Crippen LogP contribution >= 0.6 is 0 Å². The summed E-state index contributed by atoms with van der Waals surface area (Å²) >= 11 is 0. The van der Waals surface area contributed by atoms with Crippen molar-refractivity contribution < 1.29 is 21.6 Å². The molecule has 3 rings (SSSR count). The molecule has 1 aromatic heterocycles. The monoisotopic (exact) mass is 507 g/mol. The third-order valence-corrected chi connectivity index (χ3v) is 9.30. The van der Waals surface area contributed by atoms with E-state index in [9.17, 15) is 21.6 Å². The van der Waals surface area contributed by atoms with Gasteiger partial charge < -0.3 is 9.88 Å². The van der Waals surface area contributed by atoms with Gasteiger partial charge in [-0.05, 0) is 42.8 Å². The number of amides is 1. The van der Waals surface area contributed by atoms with E-state index in [-0.39, 0.29) is 22.1 Å². The third kappa shape index (κ3) is 4.99. The Labute approximate surface area is 200 Å². The topological polar surface area (TPSA) is 122 Å². The van der Waals surface area contributed by atoms with Crippen LogP contribution in [0.25, 0.3) is 11.0 Å². The van der Waals surface area contributed by atoms with E-state index >= 15 is 0 Å². The summed E-state index contributed by atoms with van der Waals surface area (Å²) in [4.78, 5) is 17.4. The number of aromatic nitrogens is 2. The van der Waals surface area contributed by atoms with Gasteiger partial charge in [0.2, 0.25) is 26.0 Å². The van der Waals surface area contributed by atoms with Crippen LogP contribution in [0.2, 0.25) is 0 Å². The van der Waals surface area contributed by atoms with Crippen LogP contribution in [0, 0.1) is 6.92 Å². The summed E-state index contributed by atoms with van der Waals surface area (Å²) in [7, 11) is 0.430. The van der Waals surface area contributed by atoms with Gasteiger partial charge >= 0.3 is 0 Å². The van der Waals surface area contributed by atoms with Crippen LogP contribution < -0.4 is 5.32 Å². The lowest BCUT2D eigenvalue weighted by Crippen LogP contribution is -2.23. The van der Waals surface area contributed by atoms with Crippen LogP contribution in [-0.4, -0.2) is 69.1 Å². The maximum absolute atomic E-state index is 12.6. The molecule has 0 unspecified atom stereocenters. The van der Waals surface area contributed by atoms with E-state index < -0.39 is 20.0 Å². The number of nitrogens with one attached hydrogen (secondary N) is 1. The van der Waals surface area contributed by atoms with Gasteiger partial charge in [0.25, 0.3) is 0 Å². The maximum atomic E-state index is 12.6. The standard InChI is InChI=1S/C22H29N5O5S2/c1-15-7-8-16(13-20(15)34(31,32)26(4)5)23-22(28)12-11-21-24-18-14-17(33(29,30)25(2)3)9-10-19(18)27(21)6/h7-10,13-14H,11-12H2,1-6H3,(H,23,28). The van der Waals surface area contributed by atoms with E-state index in [0.717, 1.165) is 14.1 Å². The number of aryl methyl sites for hydroxylation is 3. The lowest BCUT2D eigenvalue weighted by Gasteiger charge is -2.15. The molecule has 1 N–H and O–H groups in total. The fraction of sp³-hybridized carbons (Fsp3) is 0.364. The van der Waals surface area contributed by atoms with Gasteiger partial charge in [0.05, 0.1) is 20.8 Å². The first-order chi connectivity index (χ1) is 15.7. The Morgan fingerprint density at radius 2 is 1.62 bits per heavy atom. The Bertz CT molecular complexity index is 1460. The largest absolute Gasteiger partial charge is 0.331 e. The van der Waals surface area contributed by atoms with Gasteiger partial charge in [0, 0.05) is 53.8 Å². The molecule has 10 nitrogen and oxygen atoms in total. The summed E-state index contributed by atoms with van der Waals surface area (Å²) in [5.74, 6) is 0.337. The maximum Gasteiger partial charge on any atom is 0.242 e. The Balaban J connectivity index is 1.77. The van der Waals surface area contributed by atoms with Crippen molar-refractivity contribution in [1.82, 2.24) is 18.2 Å². The average Bonchev–Trinajstić information content (AvgIpc) is 3.08. The number of hydrogen-bond acceptors (Lipinski definition) is 6. The number of sulfonamides is 2. The molecule has 34 heavy (non-hydrogen) atoms. The number of fused-ring (bicyclic) bond motifs is 1. The minimum absolute atomic E-state index is 0.115. The van der Waals surface area contributed by atoms with Gasteiger partial charge in [0.1, 0.15) is 5.82 Å². The van der Waals surface area contributed by atoms with Gasteiger partial charge in [-0.15, -0.1) is 0 Å². The first kappa shape index (κ1) is 25.8. The molecule has 0 radical (unpaired) electrons. The summed E-state index contributed by atoms with van der Waals surface area (Å²) in [5.41, 5.74) is 2.25. The molecule has 12 heteroatoms. The van der Waals surface area contributed by atoms with Crippen molar-refractivity contribution in [2.45, 2.75) is 29.6 Å². The van der Waals surface area contributed by atoms with Crippen LogP contribution in [0.15, 0.2) is 46.2 Å².